The lowest BCUT2D eigenvalue weighted by Crippen LogP contribution is -2.29. The molecule has 0 saturated heterocycles. The molecule has 5 rings (SSSR count). The van der Waals surface area contributed by atoms with Crippen molar-refractivity contribution in [1.29, 1.82) is 0 Å². The van der Waals surface area contributed by atoms with Gasteiger partial charge in [0, 0.05) is 30.1 Å². The van der Waals surface area contributed by atoms with Crippen molar-refractivity contribution in [2.75, 3.05) is 13.2 Å². The number of nitrogens with zero attached hydrogens (tertiary/aromatic N) is 2. The lowest BCUT2D eigenvalue weighted by molar-refractivity contribution is 0.0525. The fourth-order valence-corrected chi connectivity index (χ4v) is 5.62. The zero-order valence-electron chi connectivity index (χ0n) is 20.3. The number of esters is 1. The van der Waals surface area contributed by atoms with Crippen LogP contribution in [-0.2, 0) is 24.2 Å². The molecule has 0 amide bonds. The van der Waals surface area contributed by atoms with Crippen molar-refractivity contribution in [1.82, 2.24) is 4.90 Å². The Morgan fingerprint density at radius 3 is 2.62 bits per heavy atom. The normalized spacial score (nSPS) is 13.5. The number of hydrogen-bond acceptors (Lipinski definition) is 7. The number of benzene rings is 2. The number of rotatable bonds is 8. The van der Waals surface area contributed by atoms with E-state index < -0.39 is 5.97 Å². The summed E-state index contributed by atoms with van der Waals surface area (Å²) in [5.41, 5.74) is 3.82. The molecule has 1 aliphatic rings. The number of ether oxygens (including phenoxy) is 1. The Hall–Kier alpha value is -4.01. The molecule has 4 aromatic rings. The summed E-state index contributed by atoms with van der Waals surface area (Å²) in [6.45, 7) is 4.57. The average molecular weight is 515 g/mol. The van der Waals surface area contributed by atoms with Gasteiger partial charge in [-0.05, 0) is 48.7 Å². The highest BCUT2D eigenvalue weighted by atomic mass is 32.1. The van der Waals surface area contributed by atoms with Crippen molar-refractivity contribution in [3.63, 3.8) is 0 Å². The third-order valence-corrected chi connectivity index (χ3v) is 7.32. The highest BCUT2D eigenvalue weighted by molar-refractivity contribution is 7.16. The molecule has 37 heavy (non-hydrogen) atoms. The van der Waals surface area contributed by atoms with Crippen molar-refractivity contribution in [2.45, 2.75) is 26.4 Å². The predicted octanol–water partition coefficient (Wildman–Crippen LogP) is 6.19. The average Bonchev–Trinajstić information content (AvgIpc) is 3.52. The van der Waals surface area contributed by atoms with Crippen LogP contribution in [0.3, 0.4) is 0 Å². The second-order valence-corrected chi connectivity index (χ2v) is 9.78. The number of carboxylic acids is 1. The number of furan rings is 1. The number of aromatic carboxylic acids is 1. The van der Waals surface area contributed by atoms with Crippen molar-refractivity contribution in [3.05, 3.63) is 99.6 Å². The molecule has 7 nitrogen and oxygen atoms in total. The highest BCUT2D eigenvalue weighted by Crippen LogP contribution is 2.40. The number of thiophene rings is 1. The largest absolute Gasteiger partial charge is 0.478 e. The number of aliphatic imine (C=N–C) groups is 1. The first kappa shape index (κ1) is 24.7. The van der Waals surface area contributed by atoms with Crippen LogP contribution in [0, 0.1) is 0 Å². The minimum absolute atomic E-state index is 0.215. The van der Waals surface area contributed by atoms with Gasteiger partial charge in [-0.1, -0.05) is 42.5 Å². The van der Waals surface area contributed by atoms with Crippen LogP contribution < -0.4 is 0 Å². The molecule has 0 atom stereocenters. The zero-order chi connectivity index (χ0) is 25.8. The first-order valence-electron chi connectivity index (χ1n) is 12.1. The molecule has 0 saturated carbocycles. The Labute approximate surface area is 218 Å². The van der Waals surface area contributed by atoms with E-state index in [1.165, 1.54) is 29.0 Å². The Morgan fingerprint density at radius 1 is 1.11 bits per heavy atom. The maximum absolute atomic E-state index is 12.9. The smallest absolute Gasteiger partial charge is 0.341 e. The standard InChI is InChI=1S/C29H26N2O5S/c1-2-35-29(34)26-23-14-15-31(17-19-6-4-3-5-7-19)18-25(23)37-27(26)30-16-22-12-13-24(36-22)20-8-10-21(11-9-20)28(32)33/h3-13,16H,2,14-15,17-18H2,1H3,(H,32,33). The Morgan fingerprint density at radius 2 is 1.89 bits per heavy atom. The molecule has 0 aliphatic carbocycles. The van der Waals surface area contributed by atoms with Gasteiger partial charge in [-0.2, -0.15) is 0 Å². The van der Waals surface area contributed by atoms with Crippen LogP contribution in [0.25, 0.3) is 11.3 Å². The van der Waals surface area contributed by atoms with Gasteiger partial charge in [0.15, 0.2) is 0 Å². The van der Waals surface area contributed by atoms with Crippen LogP contribution in [0.4, 0.5) is 5.00 Å². The summed E-state index contributed by atoms with van der Waals surface area (Å²) in [7, 11) is 0. The van der Waals surface area contributed by atoms with E-state index in [0.29, 0.717) is 28.7 Å². The molecule has 0 bridgehead atoms. The number of fused-ring (bicyclic) bond motifs is 1. The van der Waals surface area contributed by atoms with Gasteiger partial charge in [-0.15, -0.1) is 11.3 Å². The second kappa shape index (κ2) is 10.9. The van der Waals surface area contributed by atoms with Crippen molar-refractivity contribution in [2.24, 2.45) is 4.99 Å². The SMILES string of the molecule is CCOC(=O)c1c(N=Cc2ccc(-c3ccc(C(=O)O)cc3)o2)sc2c1CCN(Cc1ccccc1)C2. The lowest BCUT2D eigenvalue weighted by atomic mass is 10.0. The maximum Gasteiger partial charge on any atom is 0.341 e. The molecule has 0 unspecified atom stereocenters. The van der Waals surface area contributed by atoms with Gasteiger partial charge in [-0.3, -0.25) is 4.90 Å². The molecule has 8 heteroatoms. The molecule has 1 aliphatic heterocycles. The molecule has 3 heterocycles. The fraction of sp³-hybridized carbons (Fsp3) is 0.207. The monoisotopic (exact) mass is 514 g/mol. The number of carbonyl (C=O) groups is 2. The number of carbonyl (C=O) groups excluding carboxylic acids is 1. The van der Waals surface area contributed by atoms with Gasteiger partial charge in [-0.25, -0.2) is 14.6 Å². The van der Waals surface area contributed by atoms with Crippen LogP contribution >= 0.6 is 11.3 Å². The summed E-state index contributed by atoms with van der Waals surface area (Å²) in [4.78, 5) is 32.1. The Bertz CT molecular complexity index is 1440. The van der Waals surface area contributed by atoms with E-state index in [2.05, 4.69) is 22.0 Å². The molecule has 0 radical (unpaired) electrons. The summed E-state index contributed by atoms with van der Waals surface area (Å²) < 4.78 is 11.3. The maximum atomic E-state index is 12.9. The van der Waals surface area contributed by atoms with E-state index in [1.807, 2.05) is 24.3 Å². The third kappa shape index (κ3) is 5.55. The fourth-order valence-electron chi connectivity index (χ4n) is 4.40. The van der Waals surface area contributed by atoms with Crippen LogP contribution in [0.5, 0.6) is 0 Å². The number of carboxylic acid groups (broad SMARTS) is 1. The van der Waals surface area contributed by atoms with E-state index in [1.54, 1.807) is 31.3 Å². The topological polar surface area (TPSA) is 92.3 Å². The Balaban J connectivity index is 1.38. The van der Waals surface area contributed by atoms with Crippen molar-refractivity contribution < 1.29 is 23.8 Å². The second-order valence-electron chi connectivity index (χ2n) is 8.69. The first-order chi connectivity index (χ1) is 18.0. The molecule has 2 aromatic heterocycles. The molecule has 188 valence electrons. The van der Waals surface area contributed by atoms with Gasteiger partial charge >= 0.3 is 11.9 Å². The number of hydrogen-bond donors (Lipinski definition) is 1. The quantitative estimate of drug-likeness (QED) is 0.223. The van der Waals surface area contributed by atoms with Crippen molar-refractivity contribution in [3.8, 4) is 11.3 Å². The first-order valence-corrected chi connectivity index (χ1v) is 12.9. The molecule has 1 N–H and O–H groups in total. The van der Waals surface area contributed by atoms with Crippen LogP contribution in [0.1, 0.15) is 49.4 Å². The van der Waals surface area contributed by atoms with E-state index in [9.17, 15) is 9.59 Å². The van der Waals surface area contributed by atoms with E-state index in [4.69, 9.17) is 14.3 Å². The summed E-state index contributed by atoms with van der Waals surface area (Å²) in [6, 6.07) is 20.5. The highest BCUT2D eigenvalue weighted by Gasteiger charge is 2.28. The third-order valence-electron chi connectivity index (χ3n) is 6.20. The van der Waals surface area contributed by atoms with Gasteiger partial charge in [0.1, 0.15) is 16.5 Å². The van der Waals surface area contributed by atoms with E-state index >= 15 is 0 Å². The van der Waals surface area contributed by atoms with Gasteiger partial charge < -0.3 is 14.3 Å². The Kier molecular flexibility index (Phi) is 7.30. The van der Waals surface area contributed by atoms with Crippen LogP contribution in [0.2, 0.25) is 0 Å². The molecule has 0 spiro atoms. The minimum atomic E-state index is -0.974. The van der Waals surface area contributed by atoms with E-state index in [-0.39, 0.29) is 11.5 Å². The summed E-state index contributed by atoms with van der Waals surface area (Å²) >= 11 is 1.52. The molecule has 2 aromatic carbocycles. The van der Waals surface area contributed by atoms with Gasteiger partial charge in [0.05, 0.1) is 23.9 Å². The van der Waals surface area contributed by atoms with Gasteiger partial charge in [0.2, 0.25) is 0 Å². The van der Waals surface area contributed by atoms with Crippen LogP contribution in [-0.4, -0.2) is 41.3 Å². The zero-order valence-corrected chi connectivity index (χ0v) is 21.2. The van der Waals surface area contributed by atoms with Crippen LogP contribution in [0.15, 0.2) is 76.1 Å². The van der Waals surface area contributed by atoms with Crippen molar-refractivity contribution >= 4 is 34.5 Å². The predicted molar refractivity (Wildman–Crippen MR) is 143 cm³/mol. The summed E-state index contributed by atoms with van der Waals surface area (Å²) in [5.74, 6) is -0.185. The molecular weight excluding hydrogens is 488 g/mol. The minimum Gasteiger partial charge on any atom is -0.478 e. The summed E-state index contributed by atoms with van der Waals surface area (Å²) in [5, 5.41) is 9.71. The molecule has 0 fully saturated rings. The molecular formula is C29H26N2O5S. The summed E-state index contributed by atoms with van der Waals surface area (Å²) in [6.07, 6.45) is 2.37. The van der Waals surface area contributed by atoms with Gasteiger partial charge in [0.25, 0.3) is 0 Å². The lowest BCUT2D eigenvalue weighted by Gasteiger charge is -2.27. The van der Waals surface area contributed by atoms with E-state index in [0.717, 1.165) is 42.1 Å².